The van der Waals surface area contributed by atoms with Gasteiger partial charge in [0.15, 0.2) is 0 Å². The van der Waals surface area contributed by atoms with Crippen molar-refractivity contribution >= 4 is 57.8 Å². The number of nitrogens with two attached hydrogens (primary N) is 1. The lowest BCUT2D eigenvalue weighted by atomic mass is 9.89. The van der Waals surface area contributed by atoms with Gasteiger partial charge in [-0.05, 0) is 87.4 Å². The van der Waals surface area contributed by atoms with E-state index in [0.29, 0.717) is 98.9 Å². The molecule has 4 N–H and O–H groups in total. The molecule has 4 amide bonds. The first-order valence-corrected chi connectivity index (χ1v) is 21.7. The smallest absolute Gasteiger partial charge is 0.258 e. The van der Waals surface area contributed by atoms with Crippen molar-refractivity contribution in [2.75, 3.05) is 56.6 Å². The standard InChI is InChI=1S/C46H54F2N10O5/c1-26-6-5-15-63-44(50-4)34(21-49)38-18-31(16-27(2)51-38)42(60)54-46-52-37-9-7-29(17-39(37)58(46)22-26)24-55-13-14-57(28(3)23-55)45(62)30-11-12-56(25-30)32-19-35(47)41(36(48)20-32)33-8-10-40(59)53-43(33)61/h7,9,16-21,26,28,30,33H,5-6,8,10-15,22-25,49H2,1-4H3,(H,52,54,60)(H,53,59,61)/t26-,28-,30-,33-/m1/s1. The number of carbonyl (C=O) groups is 4. The molecular weight excluding hydrogens is 811 g/mol. The monoisotopic (exact) mass is 864 g/mol. The largest absolute Gasteiger partial charge is 0.477 e. The molecular formula is C46H54F2N10O5. The molecule has 3 fully saturated rings. The van der Waals surface area contributed by atoms with E-state index in [9.17, 15) is 19.2 Å². The van der Waals surface area contributed by atoms with Crippen LogP contribution in [0.4, 0.5) is 20.4 Å². The summed E-state index contributed by atoms with van der Waals surface area (Å²) in [5.74, 6) is -3.48. The quantitative estimate of drug-likeness (QED) is 0.228. The van der Waals surface area contributed by atoms with E-state index in [1.165, 1.54) is 18.3 Å². The van der Waals surface area contributed by atoms with Gasteiger partial charge in [-0.25, -0.2) is 13.8 Å². The van der Waals surface area contributed by atoms with Crippen LogP contribution in [-0.2, 0) is 32.2 Å². The van der Waals surface area contributed by atoms with Crippen molar-refractivity contribution in [1.29, 1.82) is 0 Å². The van der Waals surface area contributed by atoms with Gasteiger partial charge in [0.2, 0.25) is 29.6 Å². The Balaban J connectivity index is 0.935. The highest BCUT2D eigenvalue weighted by molar-refractivity contribution is 6.19. The lowest BCUT2D eigenvalue weighted by molar-refractivity contribution is -0.139. The first kappa shape index (κ1) is 43.4. The molecule has 2 aromatic carbocycles. The van der Waals surface area contributed by atoms with Gasteiger partial charge in [0.1, 0.15) is 11.6 Å². The second-order valence-corrected chi connectivity index (χ2v) is 17.3. The third-order valence-corrected chi connectivity index (χ3v) is 12.7. The van der Waals surface area contributed by atoms with Gasteiger partial charge in [-0.15, -0.1) is 0 Å². The van der Waals surface area contributed by atoms with Crippen LogP contribution >= 0.6 is 0 Å². The van der Waals surface area contributed by atoms with Gasteiger partial charge in [0, 0.05) is 94.0 Å². The van der Waals surface area contributed by atoms with Crippen LogP contribution in [0.3, 0.4) is 0 Å². The molecule has 4 atom stereocenters. The van der Waals surface area contributed by atoms with Crippen molar-refractivity contribution in [1.82, 2.24) is 29.7 Å². The molecule has 0 saturated carbocycles. The first-order valence-electron chi connectivity index (χ1n) is 21.7. The molecule has 8 rings (SSSR count). The summed E-state index contributed by atoms with van der Waals surface area (Å²) >= 11 is 0. The number of amides is 4. The van der Waals surface area contributed by atoms with Crippen LogP contribution in [-0.4, -0.2) is 106 Å². The third-order valence-electron chi connectivity index (χ3n) is 12.7. The van der Waals surface area contributed by atoms with E-state index in [2.05, 4.69) is 49.1 Å². The molecule has 2 bridgehead atoms. The number of imidazole rings is 1. The molecule has 0 spiro atoms. The SMILES string of the molecule is CN=C1OCCC[C@@H](C)Cn2c(nc3ccc(CN4CCN(C(=O)[C@@H]5CCN(c6cc(F)c([C@H]7CCC(=O)NC7=O)c(F)c6)C5)[C@H](C)C4)cc32)NC(=O)c2cc(C)nc(c2)C1=CN. The number of anilines is 2. The van der Waals surface area contributed by atoms with Gasteiger partial charge in [0.05, 0.1) is 40.7 Å². The van der Waals surface area contributed by atoms with Crippen LogP contribution in [0.15, 0.2) is 53.7 Å². The number of fused-ring (bicyclic) bond motifs is 5. The molecule has 2 aromatic heterocycles. The van der Waals surface area contributed by atoms with Crippen molar-refractivity contribution < 1.29 is 32.7 Å². The highest BCUT2D eigenvalue weighted by Crippen LogP contribution is 2.35. The Hall–Kier alpha value is -6.23. The first-order chi connectivity index (χ1) is 30.3. The zero-order valence-corrected chi connectivity index (χ0v) is 36.1. The number of aliphatic imine (C=N–C) groups is 1. The van der Waals surface area contributed by atoms with Crippen LogP contribution in [0.25, 0.3) is 16.6 Å². The number of aromatic nitrogens is 3. The van der Waals surface area contributed by atoms with E-state index in [0.717, 1.165) is 29.4 Å². The van der Waals surface area contributed by atoms with E-state index < -0.39 is 29.4 Å². The average Bonchev–Trinajstić information content (AvgIpc) is 3.87. The number of pyridine rings is 1. The number of hydrogen-bond donors (Lipinski definition) is 3. The molecule has 6 heterocycles. The summed E-state index contributed by atoms with van der Waals surface area (Å²) in [4.78, 5) is 71.6. The molecule has 0 unspecified atom stereocenters. The van der Waals surface area contributed by atoms with Crippen molar-refractivity contribution in [2.24, 2.45) is 22.6 Å². The van der Waals surface area contributed by atoms with E-state index in [1.54, 1.807) is 19.2 Å². The summed E-state index contributed by atoms with van der Waals surface area (Å²) in [6.45, 7) is 10.4. The number of hydrogen-bond acceptors (Lipinski definition) is 11. The number of nitrogens with zero attached hydrogens (tertiary/aromatic N) is 7. The molecule has 15 nitrogen and oxygen atoms in total. The molecule has 4 aromatic rings. The van der Waals surface area contributed by atoms with Gasteiger partial charge < -0.3 is 24.8 Å². The number of nitrogens with one attached hydrogen (secondary N) is 2. The highest BCUT2D eigenvalue weighted by Gasteiger charge is 2.37. The Morgan fingerprint density at radius 2 is 1.76 bits per heavy atom. The summed E-state index contributed by atoms with van der Waals surface area (Å²) in [7, 11) is 1.64. The Kier molecular flexibility index (Phi) is 12.6. The zero-order chi connectivity index (χ0) is 44.5. The van der Waals surface area contributed by atoms with Gasteiger partial charge >= 0.3 is 0 Å². The number of halogens is 2. The van der Waals surface area contributed by atoms with E-state index in [1.807, 2.05) is 29.7 Å². The Morgan fingerprint density at radius 1 is 0.968 bits per heavy atom. The summed E-state index contributed by atoms with van der Waals surface area (Å²) in [5.41, 5.74) is 10.8. The maximum absolute atomic E-state index is 15.3. The van der Waals surface area contributed by atoms with Crippen molar-refractivity contribution in [3.05, 3.63) is 88.4 Å². The predicted octanol–water partition coefficient (Wildman–Crippen LogP) is 5.12. The van der Waals surface area contributed by atoms with Crippen molar-refractivity contribution in [3.8, 4) is 0 Å². The van der Waals surface area contributed by atoms with Crippen molar-refractivity contribution in [2.45, 2.75) is 77.9 Å². The Bertz CT molecular complexity index is 2500. The predicted molar refractivity (Wildman–Crippen MR) is 235 cm³/mol. The van der Waals surface area contributed by atoms with Crippen LogP contribution in [0.2, 0.25) is 0 Å². The fourth-order valence-corrected chi connectivity index (χ4v) is 9.44. The minimum atomic E-state index is -1.07. The van der Waals surface area contributed by atoms with E-state index >= 15 is 8.78 Å². The fraction of sp³-hybridized carbons (Fsp3) is 0.457. The molecule has 17 heteroatoms. The Labute approximate surface area is 364 Å². The summed E-state index contributed by atoms with van der Waals surface area (Å²) < 4.78 is 38.8. The maximum Gasteiger partial charge on any atom is 0.258 e. The van der Waals surface area contributed by atoms with Crippen molar-refractivity contribution in [3.63, 3.8) is 0 Å². The Morgan fingerprint density at radius 3 is 2.49 bits per heavy atom. The second-order valence-electron chi connectivity index (χ2n) is 17.3. The highest BCUT2D eigenvalue weighted by atomic mass is 19.1. The van der Waals surface area contributed by atoms with Gasteiger partial charge in [-0.1, -0.05) is 13.0 Å². The number of ether oxygens (including phenoxy) is 1. The van der Waals surface area contributed by atoms with Crippen LogP contribution in [0.5, 0.6) is 0 Å². The van der Waals surface area contributed by atoms with Gasteiger partial charge in [-0.3, -0.25) is 44.7 Å². The normalized spacial score (nSPS) is 24.2. The summed E-state index contributed by atoms with van der Waals surface area (Å²) in [6, 6.07) is 12.0. The number of rotatable bonds is 5. The summed E-state index contributed by atoms with van der Waals surface area (Å²) in [5, 5.41) is 5.25. The van der Waals surface area contributed by atoms with E-state index in [-0.39, 0.29) is 48.1 Å². The number of aryl methyl sites for hydroxylation is 1. The molecule has 0 radical (unpaired) electrons. The fourth-order valence-electron chi connectivity index (χ4n) is 9.44. The number of imide groups is 1. The minimum Gasteiger partial charge on any atom is -0.477 e. The maximum atomic E-state index is 15.3. The third kappa shape index (κ3) is 9.15. The molecule has 0 aliphatic carbocycles. The molecule has 3 saturated heterocycles. The number of piperazine rings is 1. The zero-order valence-electron chi connectivity index (χ0n) is 36.1. The average molecular weight is 865 g/mol. The number of piperidine rings is 1. The van der Waals surface area contributed by atoms with Gasteiger partial charge in [0.25, 0.3) is 5.91 Å². The van der Waals surface area contributed by atoms with Crippen LogP contribution < -0.4 is 21.3 Å². The summed E-state index contributed by atoms with van der Waals surface area (Å²) in [6.07, 6.45) is 3.65. The minimum absolute atomic E-state index is 0.0170. The molecule has 4 aliphatic heterocycles. The molecule has 332 valence electrons. The van der Waals surface area contributed by atoms with Gasteiger partial charge in [-0.2, -0.15) is 0 Å². The number of benzene rings is 2. The topological polar surface area (TPSA) is 180 Å². The lowest BCUT2D eigenvalue weighted by Crippen LogP contribution is -2.55. The van der Waals surface area contributed by atoms with Crippen LogP contribution in [0.1, 0.15) is 84.7 Å². The van der Waals surface area contributed by atoms with E-state index in [4.69, 9.17) is 15.5 Å². The van der Waals surface area contributed by atoms with Crippen LogP contribution in [0, 0.1) is 30.4 Å². The second kappa shape index (κ2) is 18.2. The number of carbonyl (C=O) groups excluding carboxylic acids is 4. The molecule has 4 aliphatic rings. The lowest BCUT2D eigenvalue weighted by Gasteiger charge is -2.41. The molecule has 63 heavy (non-hydrogen) atoms.